The van der Waals surface area contributed by atoms with E-state index in [-0.39, 0.29) is 18.4 Å². The van der Waals surface area contributed by atoms with Crippen LogP contribution in [-0.2, 0) is 0 Å². The third kappa shape index (κ3) is 3.78. The first-order chi connectivity index (χ1) is 5.33. The number of nitrogens with one attached hydrogen (secondary N) is 3. The van der Waals surface area contributed by atoms with E-state index in [4.69, 9.17) is 0 Å². The summed E-state index contributed by atoms with van der Waals surface area (Å²) < 4.78 is 0. The van der Waals surface area contributed by atoms with Crippen molar-refractivity contribution in [1.82, 2.24) is 16.0 Å². The molecule has 1 rings (SSSR count). The summed E-state index contributed by atoms with van der Waals surface area (Å²) in [6.45, 7) is 1.82. The lowest BCUT2D eigenvalue weighted by atomic mass is 10.2. The second-order valence-electron chi connectivity index (χ2n) is 2.75. The van der Waals surface area contributed by atoms with Crippen molar-refractivity contribution >= 4 is 18.4 Å². The molecule has 0 spiro atoms. The van der Waals surface area contributed by atoms with Crippen LogP contribution in [0.5, 0.6) is 0 Å². The zero-order chi connectivity index (χ0) is 8.10. The zero-order valence-electron chi connectivity index (χ0n) is 7.22. The molecule has 1 unspecified atom stereocenters. The lowest BCUT2D eigenvalue weighted by Crippen LogP contribution is -2.41. The fourth-order valence-corrected chi connectivity index (χ4v) is 1.24. The maximum Gasteiger partial charge on any atom is 0.314 e. The van der Waals surface area contributed by atoms with Gasteiger partial charge in [0, 0.05) is 19.6 Å². The predicted molar refractivity (Wildman–Crippen MR) is 50.7 cm³/mol. The minimum Gasteiger partial charge on any atom is -0.341 e. The van der Waals surface area contributed by atoms with Crippen molar-refractivity contribution < 1.29 is 4.79 Å². The van der Waals surface area contributed by atoms with Crippen LogP contribution in [0.15, 0.2) is 0 Å². The summed E-state index contributed by atoms with van der Waals surface area (Å²) in [6.07, 6.45) is 2.39. The Kier molecular flexibility index (Phi) is 5.84. The van der Waals surface area contributed by atoms with Crippen molar-refractivity contribution in [2.75, 3.05) is 20.1 Å². The Morgan fingerprint density at radius 2 is 2.42 bits per heavy atom. The van der Waals surface area contributed by atoms with Crippen molar-refractivity contribution in [3.05, 3.63) is 0 Å². The molecule has 1 aliphatic rings. The summed E-state index contributed by atoms with van der Waals surface area (Å²) in [5, 5.41) is 8.57. The molecule has 1 saturated heterocycles. The number of amides is 2. The number of hydrogen-bond acceptors (Lipinski definition) is 2. The van der Waals surface area contributed by atoms with Crippen LogP contribution in [0.4, 0.5) is 4.79 Å². The molecule has 1 atom stereocenters. The number of halogens is 1. The van der Waals surface area contributed by atoms with Crippen molar-refractivity contribution in [3.8, 4) is 0 Å². The normalized spacial score (nSPS) is 21.2. The van der Waals surface area contributed by atoms with Gasteiger partial charge in [0.25, 0.3) is 0 Å². The van der Waals surface area contributed by atoms with Crippen LogP contribution in [0, 0.1) is 0 Å². The monoisotopic (exact) mass is 193 g/mol. The summed E-state index contributed by atoms with van der Waals surface area (Å²) in [5.41, 5.74) is 0. The van der Waals surface area contributed by atoms with E-state index in [2.05, 4.69) is 16.0 Å². The zero-order valence-corrected chi connectivity index (χ0v) is 8.04. The second-order valence-corrected chi connectivity index (χ2v) is 2.75. The number of urea groups is 1. The van der Waals surface area contributed by atoms with E-state index in [1.807, 2.05) is 0 Å². The van der Waals surface area contributed by atoms with Crippen LogP contribution in [0.2, 0.25) is 0 Å². The summed E-state index contributed by atoms with van der Waals surface area (Å²) in [5.74, 6) is 0. The van der Waals surface area contributed by atoms with Gasteiger partial charge in [-0.3, -0.25) is 0 Å². The fourth-order valence-electron chi connectivity index (χ4n) is 1.24. The van der Waals surface area contributed by atoms with Crippen molar-refractivity contribution in [2.45, 2.75) is 18.9 Å². The Morgan fingerprint density at radius 1 is 1.67 bits per heavy atom. The van der Waals surface area contributed by atoms with Crippen molar-refractivity contribution in [2.24, 2.45) is 0 Å². The number of carbonyl (C=O) groups excluding carboxylic acids is 1. The van der Waals surface area contributed by atoms with Crippen molar-refractivity contribution in [1.29, 1.82) is 0 Å². The SMILES string of the molecule is CNC(=O)NCC1CCCN1.Cl. The molecule has 1 aliphatic heterocycles. The third-order valence-electron chi connectivity index (χ3n) is 1.90. The Balaban J connectivity index is 0.00000121. The van der Waals surface area contributed by atoms with E-state index in [1.54, 1.807) is 7.05 Å². The van der Waals surface area contributed by atoms with Crippen LogP contribution >= 0.6 is 12.4 Å². The van der Waals surface area contributed by atoms with E-state index >= 15 is 0 Å². The molecule has 5 heteroatoms. The second kappa shape index (κ2) is 6.08. The standard InChI is InChI=1S/C7H15N3O.ClH/c1-8-7(11)10-5-6-3-2-4-9-6;/h6,9H,2-5H2,1H3,(H2,8,10,11);1H. The van der Waals surface area contributed by atoms with Gasteiger partial charge in [-0.15, -0.1) is 12.4 Å². The lowest BCUT2D eigenvalue weighted by molar-refractivity contribution is 0.242. The maximum atomic E-state index is 10.7. The first kappa shape index (κ1) is 11.5. The Bertz CT molecular complexity index is 137. The molecule has 2 amide bonds. The van der Waals surface area contributed by atoms with Gasteiger partial charge in [0.15, 0.2) is 0 Å². The van der Waals surface area contributed by atoms with Gasteiger partial charge in [0.05, 0.1) is 0 Å². The highest BCUT2D eigenvalue weighted by atomic mass is 35.5. The Labute approximate surface area is 78.9 Å². The van der Waals surface area contributed by atoms with E-state index in [0.717, 1.165) is 13.1 Å². The molecule has 0 aromatic carbocycles. The van der Waals surface area contributed by atoms with Crippen LogP contribution in [0.25, 0.3) is 0 Å². The average Bonchev–Trinajstić information content (AvgIpc) is 2.52. The highest BCUT2D eigenvalue weighted by Crippen LogP contribution is 2.02. The van der Waals surface area contributed by atoms with Gasteiger partial charge in [-0.2, -0.15) is 0 Å². The minimum atomic E-state index is -0.0984. The highest BCUT2D eigenvalue weighted by Gasteiger charge is 2.13. The molecular formula is C7H16ClN3O. The molecule has 1 heterocycles. The molecule has 0 aromatic heterocycles. The van der Waals surface area contributed by atoms with Crippen molar-refractivity contribution in [3.63, 3.8) is 0 Å². The van der Waals surface area contributed by atoms with Crippen LogP contribution in [-0.4, -0.2) is 32.2 Å². The van der Waals surface area contributed by atoms with Gasteiger partial charge < -0.3 is 16.0 Å². The smallest absolute Gasteiger partial charge is 0.314 e. The summed E-state index contributed by atoms with van der Waals surface area (Å²) in [4.78, 5) is 10.7. The summed E-state index contributed by atoms with van der Waals surface area (Å²) in [6, 6.07) is 0.381. The highest BCUT2D eigenvalue weighted by molar-refractivity contribution is 5.85. The largest absolute Gasteiger partial charge is 0.341 e. The van der Waals surface area contributed by atoms with Crippen LogP contribution in [0.1, 0.15) is 12.8 Å². The number of carbonyl (C=O) groups is 1. The maximum absolute atomic E-state index is 10.7. The number of hydrogen-bond donors (Lipinski definition) is 3. The van der Waals surface area contributed by atoms with E-state index < -0.39 is 0 Å². The molecule has 1 fully saturated rings. The molecule has 12 heavy (non-hydrogen) atoms. The molecule has 0 saturated carbocycles. The molecule has 3 N–H and O–H groups in total. The summed E-state index contributed by atoms with van der Waals surface area (Å²) in [7, 11) is 1.62. The third-order valence-corrected chi connectivity index (χ3v) is 1.90. The Morgan fingerprint density at radius 3 is 2.92 bits per heavy atom. The Hall–Kier alpha value is -0.480. The minimum absolute atomic E-state index is 0. The van der Waals surface area contributed by atoms with Gasteiger partial charge in [0.2, 0.25) is 0 Å². The predicted octanol–water partition coefficient (Wildman–Crippen LogP) is 0.0892. The topological polar surface area (TPSA) is 53.2 Å². The fraction of sp³-hybridized carbons (Fsp3) is 0.857. The molecule has 4 nitrogen and oxygen atoms in total. The number of rotatable bonds is 2. The van der Waals surface area contributed by atoms with E-state index in [9.17, 15) is 4.79 Å². The molecule has 72 valence electrons. The van der Waals surface area contributed by atoms with E-state index in [0.29, 0.717) is 6.04 Å². The van der Waals surface area contributed by atoms with Gasteiger partial charge in [-0.05, 0) is 19.4 Å². The van der Waals surface area contributed by atoms with Crippen LogP contribution in [0.3, 0.4) is 0 Å². The first-order valence-electron chi connectivity index (χ1n) is 4.02. The summed E-state index contributed by atoms with van der Waals surface area (Å²) >= 11 is 0. The van der Waals surface area contributed by atoms with Gasteiger partial charge in [-0.1, -0.05) is 0 Å². The van der Waals surface area contributed by atoms with Gasteiger partial charge in [0.1, 0.15) is 0 Å². The van der Waals surface area contributed by atoms with E-state index in [1.165, 1.54) is 12.8 Å². The average molecular weight is 194 g/mol. The van der Waals surface area contributed by atoms with Crippen LogP contribution < -0.4 is 16.0 Å². The first-order valence-corrected chi connectivity index (χ1v) is 4.02. The molecule has 0 aliphatic carbocycles. The van der Waals surface area contributed by atoms with Gasteiger partial charge >= 0.3 is 6.03 Å². The molecule has 0 radical (unpaired) electrons. The quantitative estimate of drug-likeness (QED) is 0.582. The molecule has 0 aromatic rings. The van der Waals surface area contributed by atoms with Gasteiger partial charge in [-0.25, -0.2) is 4.79 Å². The molecule has 0 bridgehead atoms. The lowest BCUT2D eigenvalue weighted by Gasteiger charge is -2.10. The molecular weight excluding hydrogens is 178 g/mol.